The highest BCUT2D eigenvalue weighted by molar-refractivity contribution is 7.95. The molecule has 0 radical (unpaired) electrons. The predicted molar refractivity (Wildman–Crippen MR) is 62.9 cm³/mol. The lowest BCUT2D eigenvalue weighted by Crippen LogP contribution is -2.12. The molecule has 1 aliphatic rings. The number of rotatable bonds is 2. The fourth-order valence-corrected chi connectivity index (χ4v) is 3.78. The summed E-state index contributed by atoms with van der Waals surface area (Å²) in [6, 6.07) is 2.61. The van der Waals surface area contributed by atoms with E-state index in [0.717, 1.165) is 12.1 Å². The number of aliphatic hydroxyl groups is 1. The van der Waals surface area contributed by atoms with E-state index in [2.05, 4.69) is 0 Å². The summed E-state index contributed by atoms with van der Waals surface area (Å²) in [7, 11) is -3.94. The number of fused-ring (bicyclic) bond motifs is 1. The number of sulfone groups is 1. The molecule has 0 bridgehead atoms. The molecule has 19 heavy (non-hydrogen) atoms. The van der Waals surface area contributed by atoms with Crippen LogP contribution in [0, 0.1) is 5.92 Å². The van der Waals surface area contributed by atoms with Crippen molar-refractivity contribution in [1.82, 2.24) is 0 Å². The van der Waals surface area contributed by atoms with Crippen LogP contribution in [-0.2, 0) is 16.0 Å². The summed E-state index contributed by atoms with van der Waals surface area (Å²) in [6.07, 6.45) is -3.28. The first-order valence-corrected chi connectivity index (χ1v) is 6.95. The van der Waals surface area contributed by atoms with Crippen LogP contribution in [0.1, 0.15) is 18.1 Å². The molecule has 1 aromatic rings. The van der Waals surface area contributed by atoms with Gasteiger partial charge in [-0.2, -0.15) is 13.2 Å². The number of halogens is 3. The van der Waals surface area contributed by atoms with Crippen molar-refractivity contribution < 1.29 is 26.7 Å². The van der Waals surface area contributed by atoms with Crippen LogP contribution < -0.4 is 0 Å². The molecule has 1 aromatic carbocycles. The van der Waals surface area contributed by atoms with Crippen LogP contribution in [0.2, 0.25) is 0 Å². The molecule has 0 saturated heterocycles. The average molecular weight is 292 g/mol. The molecule has 1 N–H and O–H groups in total. The summed E-state index contributed by atoms with van der Waals surface area (Å²) in [6.45, 7) is 1.12. The summed E-state index contributed by atoms with van der Waals surface area (Å²) in [5.41, 5.74) is -0.774. The van der Waals surface area contributed by atoms with E-state index < -0.39 is 27.5 Å². The third-order valence-corrected chi connectivity index (χ3v) is 5.07. The molecule has 0 saturated carbocycles. The predicted octanol–water partition coefficient (Wildman–Crippen LogP) is 2.46. The highest BCUT2D eigenvalue weighted by atomic mass is 32.2. The second-order valence-corrected chi connectivity index (χ2v) is 6.30. The normalized spacial score (nSPS) is 18.9. The number of hydrogen-bond acceptors (Lipinski definition) is 3. The Morgan fingerprint density at radius 1 is 1.32 bits per heavy atom. The molecular weight excluding hydrogens is 281 g/mol. The van der Waals surface area contributed by atoms with Gasteiger partial charge in [-0.15, -0.1) is 0 Å². The van der Waals surface area contributed by atoms with Crippen LogP contribution in [0.4, 0.5) is 13.2 Å². The quantitative estimate of drug-likeness (QED) is 0.911. The van der Waals surface area contributed by atoms with E-state index in [1.165, 1.54) is 13.0 Å². The van der Waals surface area contributed by atoms with Crippen molar-refractivity contribution in [2.24, 2.45) is 5.92 Å². The van der Waals surface area contributed by atoms with Gasteiger partial charge in [0.1, 0.15) is 0 Å². The third kappa shape index (κ3) is 2.28. The lowest BCUT2D eigenvalue weighted by molar-refractivity contribution is -0.137. The molecule has 0 amide bonds. The SMILES string of the molecule is CC(CO)C1=Cc2ccc(C(F)(F)F)cc2S1(=O)=O. The number of alkyl halides is 3. The van der Waals surface area contributed by atoms with E-state index in [0.29, 0.717) is 6.07 Å². The van der Waals surface area contributed by atoms with Crippen molar-refractivity contribution in [2.75, 3.05) is 6.61 Å². The van der Waals surface area contributed by atoms with Crippen molar-refractivity contribution in [3.8, 4) is 0 Å². The van der Waals surface area contributed by atoms with Gasteiger partial charge in [-0.3, -0.25) is 0 Å². The first-order chi connectivity index (χ1) is 8.67. The minimum atomic E-state index is -4.59. The van der Waals surface area contributed by atoms with Crippen LogP contribution in [-0.4, -0.2) is 20.1 Å². The Morgan fingerprint density at radius 2 is 1.95 bits per heavy atom. The van der Waals surface area contributed by atoms with Crippen LogP contribution in [0.5, 0.6) is 0 Å². The molecule has 1 heterocycles. The Bertz CT molecular complexity index is 645. The molecule has 104 valence electrons. The zero-order valence-electron chi connectivity index (χ0n) is 9.90. The van der Waals surface area contributed by atoms with E-state index in [9.17, 15) is 21.6 Å². The van der Waals surface area contributed by atoms with Gasteiger partial charge in [0, 0.05) is 5.92 Å². The summed E-state index contributed by atoms with van der Waals surface area (Å²) >= 11 is 0. The van der Waals surface area contributed by atoms with E-state index in [1.54, 1.807) is 0 Å². The molecule has 7 heteroatoms. The van der Waals surface area contributed by atoms with Crippen molar-refractivity contribution in [1.29, 1.82) is 0 Å². The molecule has 0 spiro atoms. The Hall–Kier alpha value is -1.34. The minimum absolute atomic E-state index is 0.0516. The fraction of sp³-hybridized carbons (Fsp3) is 0.333. The third-order valence-electron chi connectivity index (χ3n) is 3.00. The zero-order chi connectivity index (χ0) is 14.4. The summed E-state index contributed by atoms with van der Waals surface area (Å²) in [4.78, 5) is -0.401. The Morgan fingerprint density at radius 3 is 2.47 bits per heavy atom. The maximum atomic E-state index is 12.6. The lowest BCUT2D eigenvalue weighted by Gasteiger charge is -2.11. The summed E-state index contributed by atoms with van der Waals surface area (Å²) in [5, 5.41) is 9.00. The Kier molecular flexibility index (Phi) is 3.22. The maximum Gasteiger partial charge on any atom is 0.416 e. The first-order valence-electron chi connectivity index (χ1n) is 5.46. The van der Waals surface area contributed by atoms with Gasteiger partial charge in [-0.1, -0.05) is 13.0 Å². The van der Waals surface area contributed by atoms with E-state index in [1.807, 2.05) is 0 Å². The van der Waals surface area contributed by atoms with Crippen LogP contribution in [0.15, 0.2) is 28.0 Å². The second kappa shape index (κ2) is 4.35. The second-order valence-electron chi connectivity index (χ2n) is 4.38. The molecule has 1 unspecified atom stereocenters. The van der Waals surface area contributed by atoms with Gasteiger partial charge in [0.15, 0.2) is 0 Å². The largest absolute Gasteiger partial charge is 0.416 e. The van der Waals surface area contributed by atoms with Crippen LogP contribution in [0.3, 0.4) is 0 Å². The number of benzene rings is 1. The molecule has 2 rings (SSSR count). The van der Waals surface area contributed by atoms with Crippen molar-refractivity contribution in [2.45, 2.75) is 18.0 Å². The molecule has 1 atom stereocenters. The molecule has 0 fully saturated rings. The van der Waals surface area contributed by atoms with Gasteiger partial charge in [0.25, 0.3) is 0 Å². The van der Waals surface area contributed by atoms with Crippen molar-refractivity contribution in [3.05, 3.63) is 34.2 Å². The van der Waals surface area contributed by atoms with E-state index >= 15 is 0 Å². The van der Waals surface area contributed by atoms with Gasteiger partial charge in [0.05, 0.1) is 22.0 Å². The molecule has 1 aliphatic heterocycles. The molecule has 3 nitrogen and oxygen atoms in total. The van der Waals surface area contributed by atoms with Crippen LogP contribution >= 0.6 is 0 Å². The fourth-order valence-electron chi connectivity index (χ4n) is 1.92. The van der Waals surface area contributed by atoms with Gasteiger partial charge >= 0.3 is 6.18 Å². The molecule has 0 aliphatic carbocycles. The maximum absolute atomic E-state index is 12.6. The van der Waals surface area contributed by atoms with Gasteiger partial charge in [0.2, 0.25) is 9.84 Å². The topological polar surface area (TPSA) is 54.4 Å². The van der Waals surface area contributed by atoms with E-state index in [-0.39, 0.29) is 22.0 Å². The minimum Gasteiger partial charge on any atom is -0.396 e. The van der Waals surface area contributed by atoms with Gasteiger partial charge in [-0.25, -0.2) is 8.42 Å². The highest BCUT2D eigenvalue weighted by Crippen LogP contribution is 2.39. The summed E-state index contributed by atoms with van der Waals surface area (Å²) in [5.74, 6) is -0.647. The number of hydrogen-bond donors (Lipinski definition) is 1. The molecular formula is C12H11F3O3S. The Labute approximate surface area is 108 Å². The first kappa shape index (κ1) is 14.1. The van der Waals surface area contributed by atoms with Crippen molar-refractivity contribution in [3.63, 3.8) is 0 Å². The monoisotopic (exact) mass is 292 g/mol. The number of aliphatic hydroxyl groups excluding tert-OH is 1. The van der Waals surface area contributed by atoms with Crippen LogP contribution in [0.25, 0.3) is 6.08 Å². The van der Waals surface area contributed by atoms with E-state index in [4.69, 9.17) is 5.11 Å². The van der Waals surface area contributed by atoms with Gasteiger partial charge < -0.3 is 5.11 Å². The standard InChI is InChI=1S/C12H11F3O3S/c1-7(6-16)10-4-8-2-3-9(12(13,14)15)5-11(8)19(10,17)18/h2-5,7,16H,6H2,1H3. The van der Waals surface area contributed by atoms with Gasteiger partial charge in [-0.05, 0) is 23.8 Å². The smallest absolute Gasteiger partial charge is 0.396 e. The Balaban J connectivity index is 2.57. The zero-order valence-corrected chi connectivity index (χ0v) is 10.7. The average Bonchev–Trinajstić information content (AvgIpc) is 2.59. The highest BCUT2D eigenvalue weighted by Gasteiger charge is 2.37. The summed E-state index contributed by atoms with van der Waals surface area (Å²) < 4.78 is 62.0. The molecule has 0 aromatic heterocycles. The lowest BCUT2D eigenvalue weighted by atomic mass is 10.1. The van der Waals surface area contributed by atoms with Crippen molar-refractivity contribution >= 4 is 15.9 Å².